The minimum Gasteiger partial charge on any atom is -0.497 e. The van der Waals surface area contributed by atoms with Crippen LogP contribution < -0.4 is 15.4 Å². The molecule has 0 fully saturated rings. The van der Waals surface area contributed by atoms with Crippen LogP contribution in [0.15, 0.2) is 42.5 Å². The summed E-state index contributed by atoms with van der Waals surface area (Å²) >= 11 is 0. The van der Waals surface area contributed by atoms with Crippen LogP contribution in [0.25, 0.3) is 0 Å². The molecule has 3 rings (SSSR count). The molecule has 1 amide bonds. The summed E-state index contributed by atoms with van der Waals surface area (Å²) in [6.07, 6.45) is 3.41. The summed E-state index contributed by atoms with van der Waals surface area (Å²) in [4.78, 5) is 12.1. The van der Waals surface area contributed by atoms with E-state index >= 15 is 0 Å². The van der Waals surface area contributed by atoms with E-state index in [-0.39, 0.29) is 5.91 Å². The number of fused-ring (bicyclic) bond motifs is 1. The predicted octanol–water partition coefficient (Wildman–Crippen LogP) is 3.62. The molecule has 0 saturated heterocycles. The van der Waals surface area contributed by atoms with Crippen LogP contribution in [-0.2, 0) is 17.6 Å². The lowest BCUT2D eigenvalue weighted by atomic mass is 10.0. The number of ether oxygens (including phenoxy) is 1. The molecule has 2 aromatic rings. The first-order valence-corrected chi connectivity index (χ1v) is 8.04. The number of carbonyl (C=O) groups excluding carboxylic acids is 1. The molecule has 0 unspecified atom stereocenters. The van der Waals surface area contributed by atoms with Gasteiger partial charge in [0, 0.05) is 24.3 Å². The molecule has 0 aliphatic carbocycles. The van der Waals surface area contributed by atoms with Gasteiger partial charge in [-0.05, 0) is 60.7 Å². The van der Waals surface area contributed by atoms with Gasteiger partial charge in [-0.1, -0.05) is 12.1 Å². The topological polar surface area (TPSA) is 50.4 Å². The van der Waals surface area contributed by atoms with Gasteiger partial charge in [-0.2, -0.15) is 0 Å². The number of aryl methyl sites for hydroxylation is 2. The molecule has 23 heavy (non-hydrogen) atoms. The Morgan fingerprint density at radius 2 is 2.04 bits per heavy atom. The average molecular weight is 310 g/mol. The van der Waals surface area contributed by atoms with Crippen LogP contribution in [0.3, 0.4) is 0 Å². The van der Waals surface area contributed by atoms with Crippen molar-refractivity contribution in [3.63, 3.8) is 0 Å². The fraction of sp³-hybridized carbons (Fsp3) is 0.316. The summed E-state index contributed by atoms with van der Waals surface area (Å²) in [6, 6.07) is 13.9. The lowest BCUT2D eigenvalue weighted by molar-refractivity contribution is -0.116. The number of hydrogen-bond donors (Lipinski definition) is 2. The van der Waals surface area contributed by atoms with Crippen molar-refractivity contribution in [2.45, 2.75) is 25.7 Å². The minimum atomic E-state index is 0.0459. The number of carbonyl (C=O) groups is 1. The van der Waals surface area contributed by atoms with Crippen LogP contribution in [0, 0.1) is 0 Å². The van der Waals surface area contributed by atoms with E-state index in [1.165, 1.54) is 11.3 Å². The van der Waals surface area contributed by atoms with E-state index < -0.39 is 0 Å². The van der Waals surface area contributed by atoms with Crippen LogP contribution in [0.4, 0.5) is 11.4 Å². The minimum absolute atomic E-state index is 0.0459. The van der Waals surface area contributed by atoms with E-state index in [1.807, 2.05) is 36.4 Å². The standard InChI is InChI=1S/C19H22N2O2/c1-23-17-8-4-14(5-9-17)6-11-19(22)21-16-7-10-18-15(13-16)3-2-12-20-18/h4-5,7-10,13,20H,2-3,6,11-12H2,1H3,(H,21,22). The molecule has 2 aromatic carbocycles. The molecule has 4 heteroatoms. The number of methoxy groups -OCH3 is 1. The molecule has 0 atom stereocenters. The van der Waals surface area contributed by atoms with Gasteiger partial charge in [0.25, 0.3) is 0 Å². The highest BCUT2D eigenvalue weighted by Crippen LogP contribution is 2.25. The molecule has 4 nitrogen and oxygen atoms in total. The Morgan fingerprint density at radius 1 is 1.22 bits per heavy atom. The lowest BCUT2D eigenvalue weighted by Gasteiger charge is -2.18. The first kappa shape index (κ1) is 15.4. The summed E-state index contributed by atoms with van der Waals surface area (Å²) in [5.74, 6) is 0.880. The second-order valence-corrected chi connectivity index (χ2v) is 5.80. The third-order valence-corrected chi connectivity index (χ3v) is 4.13. The molecule has 1 aliphatic heterocycles. The maximum absolute atomic E-state index is 12.1. The van der Waals surface area contributed by atoms with Gasteiger partial charge in [-0.15, -0.1) is 0 Å². The first-order valence-electron chi connectivity index (χ1n) is 8.04. The Hall–Kier alpha value is -2.49. The van der Waals surface area contributed by atoms with Gasteiger partial charge >= 0.3 is 0 Å². The summed E-state index contributed by atoms with van der Waals surface area (Å²) in [5, 5.41) is 6.37. The quantitative estimate of drug-likeness (QED) is 0.887. The van der Waals surface area contributed by atoms with Crippen molar-refractivity contribution in [3.05, 3.63) is 53.6 Å². The Balaban J connectivity index is 1.54. The Bertz CT molecular complexity index is 680. The molecule has 0 aromatic heterocycles. The van der Waals surface area contributed by atoms with Gasteiger partial charge in [0.05, 0.1) is 7.11 Å². The van der Waals surface area contributed by atoms with Gasteiger partial charge < -0.3 is 15.4 Å². The molecular weight excluding hydrogens is 288 g/mol. The molecule has 1 aliphatic rings. The zero-order valence-corrected chi connectivity index (χ0v) is 13.4. The third-order valence-electron chi connectivity index (χ3n) is 4.13. The monoisotopic (exact) mass is 310 g/mol. The van der Waals surface area contributed by atoms with Gasteiger partial charge in [0.1, 0.15) is 5.75 Å². The summed E-state index contributed by atoms with van der Waals surface area (Å²) in [6.45, 7) is 1.03. The van der Waals surface area contributed by atoms with Gasteiger partial charge in [0.2, 0.25) is 5.91 Å². The summed E-state index contributed by atoms with van der Waals surface area (Å²) in [7, 11) is 1.65. The van der Waals surface area contributed by atoms with Crippen molar-refractivity contribution in [3.8, 4) is 5.75 Å². The highest BCUT2D eigenvalue weighted by molar-refractivity contribution is 5.91. The Labute approximate surface area is 136 Å². The van der Waals surface area contributed by atoms with E-state index in [0.29, 0.717) is 6.42 Å². The zero-order chi connectivity index (χ0) is 16.1. The highest BCUT2D eigenvalue weighted by atomic mass is 16.5. The lowest BCUT2D eigenvalue weighted by Crippen LogP contribution is -2.15. The maximum atomic E-state index is 12.1. The van der Waals surface area contributed by atoms with Gasteiger partial charge in [-0.3, -0.25) is 4.79 Å². The van der Waals surface area contributed by atoms with Crippen LogP contribution in [-0.4, -0.2) is 19.6 Å². The van der Waals surface area contributed by atoms with E-state index in [4.69, 9.17) is 4.74 Å². The van der Waals surface area contributed by atoms with Crippen LogP contribution in [0.2, 0.25) is 0 Å². The third kappa shape index (κ3) is 4.03. The van der Waals surface area contributed by atoms with Crippen molar-refractivity contribution in [2.75, 3.05) is 24.3 Å². The second-order valence-electron chi connectivity index (χ2n) is 5.80. The molecule has 1 heterocycles. The van der Waals surface area contributed by atoms with Crippen molar-refractivity contribution in [1.29, 1.82) is 0 Å². The SMILES string of the molecule is COc1ccc(CCC(=O)Nc2ccc3c(c2)CCCN3)cc1. The molecule has 0 radical (unpaired) electrons. The van der Waals surface area contributed by atoms with Crippen molar-refractivity contribution in [2.24, 2.45) is 0 Å². The van der Waals surface area contributed by atoms with Gasteiger partial charge in [0.15, 0.2) is 0 Å². The summed E-state index contributed by atoms with van der Waals surface area (Å²) in [5.41, 5.74) is 4.49. The maximum Gasteiger partial charge on any atom is 0.224 e. The average Bonchev–Trinajstić information content (AvgIpc) is 2.60. The fourth-order valence-electron chi connectivity index (χ4n) is 2.83. The zero-order valence-electron chi connectivity index (χ0n) is 13.4. The Kier molecular flexibility index (Phi) is 4.81. The number of amides is 1. The van der Waals surface area contributed by atoms with E-state index in [1.54, 1.807) is 7.11 Å². The van der Waals surface area contributed by atoms with Gasteiger partial charge in [-0.25, -0.2) is 0 Å². The van der Waals surface area contributed by atoms with Crippen molar-refractivity contribution >= 4 is 17.3 Å². The van der Waals surface area contributed by atoms with Crippen LogP contribution in [0.1, 0.15) is 24.0 Å². The smallest absolute Gasteiger partial charge is 0.224 e. The normalized spacial score (nSPS) is 12.9. The fourth-order valence-corrected chi connectivity index (χ4v) is 2.83. The molecule has 0 spiro atoms. The number of benzene rings is 2. The number of anilines is 2. The van der Waals surface area contributed by atoms with E-state index in [2.05, 4.69) is 16.7 Å². The number of rotatable bonds is 5. The predicted molar refractivity (Wildman–Crippen MR) is 93.2 cm³/mol. The second kappa shape index (κ2) is 7.18. The van der Waals surface area contributed by atoms with E-state index in [9.17, 15) is 4.79 Å². The molecular formula is C19H22N2O2. The van der Waals surface area contributed by atoms with Crippen molar-refractivity contribution in [1.82, 2.24) is 0 Å². The highest BCUT2D eigenvalue weighted by Gasteiger charge is 2.10. The Morgan fingerprint density at radius 3 is 2.83 bits per heavy atom. The number of hydrogen-bond acceptors (Lipinski definition) is 3. The number of nitrogens with one attached hydrogen (secondary N) is 2. The van der Waals surface area contributed by atoms with E-state index in [0.717, 1.165) is 42.8 Å². The molecule has 2 N–H and O–H groups in total. The molecule has 120 valence electrons. The first-order chi connectivity index (χ1) is 11.2. The molecule has 0 bridgehead atoms. The summed E-state index contributed by atoms with van der Waals surface area (Å²) < 4.78 is 5.13. The van der Waals surface area contributed by atoms with Crippen LogP contribution in [0.5, 0.6) is 5.75 Å². The molecule has 0 saturated carbocycles. The largest absolute Gasteiger partial charge is 0.497 e. The van der Waals surface area contributed by atoms with Crippen LogP contribution >= 0.6 is 0 Å². The van der Waals surface area contributed by atoms with Crippen molar-refractivity contribution < 1.29 is 9.53 Å².